The van der Waals surface area contributed by atoms with Crippen molar-refractivity contribution < 1.29 is 14.3 Å². The molecular weight excluding hydrogens is 464 g/mol. The van der Waals surface area contributed by atoms with E-state index in [9.17, 15) is 9.59 Å². The summed E-state index contributed by atoms with van der Waals surface area (Å²) < 4.78 is 7.07. The molecule has 1 aromatic heterocycles. The third kappa shape index (κ3) is 4.08. The Hall–Kier alpha value is -3.16. The quantitative estimate of drug-likeness (QED) is 0.358. The summed E-state index contributed by atoms with van der Waals surface area (Å²) in [7, 11) is 1.53. The first-order valence-electron chi connectivity index (χ1n) is 9.09. The van der Waals surface area contributed by atoms with Crippen LogP contribution in [0.1, 0.15) is 20.0 Å². The number of carbonyl (C=O) groups excluding carboxylic acids is 2. The van der Waals surface area contributed by atoms with Crippen LogP contribution < -0.4 is 15.4 Å². The predicted molar refractivity (Wildman–Crippen MR) is 125 cm³/mol. The van der Waals surface area contributed by atoms with E-state index in [1.807, 2.05) is 30.3 Å². The van der Waals surface area contributed by atoms with E-state index in [4.69, 9.17) is 4.74 Å². The first kappa shape index (κ1) is 20.1. The van der Waals surface area contributed by atoms with Gasteiger partial charge in [0.2, 0.25) is 0 Å². The first-order chi connectivity index (χ1) is 14.6. The molecule has 0 atom stereocenters. The van der Waals surface area contributed by atoms with E-state index in [-0.39, 0.29) is 11.8 Å². The van der Waals surface area contributed by atoms with Crippen LogP contribution in [0.3, 0.4) is 0 Å². The highest BCUT2D eigenvalue weighted by Crippen LogP contribution is 2.35. The van der Waals surface area contributed by atoms with E-state index in [0.717, 1.165) is 14.6 Å². The molecule has 2 N–H and O–H groups in total. The average molecular weight is 481 g/mol. The molecule has 0 fully saturated rings. The zero-order chi connectivity index (χ0) is 21.1. The van der Waals surface area contributed by atoms with Gasteiger partial charge in [0, 0.05) is 25.9 Å². The molecule has 1 heterocycles. The van der Waals surface area contributed by atoms with E-state index in [1.165, 1.54) is 18.4 Å². The van der Waals surface area contributed by atoms with E-state index in [0.29, 0.717) is 27.6 Å². The molecule has 5 nitrogen and oxygen atoms in total. The third-order valence-corrected chi connectivity index (χ3v) is 6.75. The Balaban J connectivity index is 1.46. The maximum Gasteiger partial charge on any atom is 0.266 e. The van der Waals surface area contributed by atoms with Crippen molar-refractivity contribution in [2.24, 2.45) is 0 Å². The molecule has 3 aromatic carbocycles. The monoisotopic (exact) mass is 480 g/mol. The maximum atomic E-state index is 12.7. The van der Waals surface area contributed by atoms with E-state index < -0.39 is 0 Å². The van der Waals surface area contributed by atoms with E-state index in [2.05, 4.69) is 26.6 Å². The van der Waals surface area contributed by atoms with Crippen molar-refractivity contribution in [1.29, 1.82) is 0 Å². The minimum atomic E-state index is -0.265. The smallest absolute Gasteiger partial charge is 0.266 e. The van der Waals surface area contributed by atoms with Gasteiger partial charge in [0.1, 0.15) is 10.6 Å². The molecule has 0 aliphatic heterocycles. The number of para-hydroxylation sites is 1. The normalized spacial score (nSPS) is 10.6. The van der Waals surface area contributed by atoms with Crippen LogP contribution in [0, 0.1) is 0 Å². The van der Waals surface area contributed by atoms with Crippen LogP contribution in [0.4, 0.5) is 11.4 Å². The Bertz CT molecular complexity index is 1230. The summed E-state index contributed by atoms with van der Waals surface area (Å²) >= 11 is 4.97. The number of hydrogen-bond donors (Lipinski definition) is 2. The van der Waals surface area contributed by atoms with Crippen LogP contribution in [-0.2, 0) is 0 Å². The lowest BCUT2D eigenvalue weighted by molar-refractivity contribution is 0.101. The molecule has 150 valence electrons. The molecule has 7 heteroatoms. The minimum absolute atomic E-state index is 0.186. The molecule has 0 unspecified atom stereocenters. The second kappa shape index (κ2) is 8.69. The number of fused-ring (bicyclic) bond motifs is 1. The summed E-state index contributed by atoms with van der Waals surface area (Å²) in [4.78, 5) is 25.8. The predicted octanol–water partition coefficient (Wildman–Crippen LogP) is 6.18. The van der Waals surface area contributed by atoms with Crippen LogP contribution in [0.5, 0.6) is 5.75 Å². The summed E-state index contributed by atoms with van der Waals surface area (Å²) in [6, 6.07) is 21.9. The van der Waals surface area contributed by atoms with Gasteiger partial charge < -0.3 is 15.4 Å². The van der Waals surface area contributed by atoms with E-state index in [1.54, 1.807) is 42.5 Å². The summed E-state index contributed by atoms with van der Waals surface area (Å²) in [6.07, 6.45) is 0. The van der Waals surface area contributed by atoms with Gasteiger partial charge in [0.15, 0.2) is 0 Å². The fraction of sp³-hybridized carbons (Fsp3) is 0.0435. The third-order valence-electron chi connectivity index (χ3n) is 4.49. The van der Waals surface area contributed by atoms with Crippen LogP contribution >= 0.6 is 27.3 Å². The van der Waals surface area contributed by atoms with Crippen LogP contribution in [0.25, 0.3) is 10.1 Å². The summed E-state index contributed by atoms with van der Waals surface area (Å²) in [5.41, 5.74) is 1.71. The number of methoxy groups -OCH3 is 1. The van der Waals surface area contributed by atoms with E-state index >= 15 is 0 Å². The van der Waals surface area contributed by atoms with Gasteiger partial charge in [0.05, 0.1) is 12.7 Å². The lowest BCUT2D eigenvalue weighted by atomic mass is 10.2. The Morgan fingerprint density at radius 3 is 2.10 bits per heavy atom. The molecule has 0 aliphatic rings. The molecule has 0 radical (unpaired) electrons. The topological polar surface area (TPSA) is 67.4 Å². The molecule has 30 heavy (non-hydrogen) atoms. The lowest BCUT2D eigenvalue weighted by Gasteiger charge is -2.10. The van der Waals surface area contributed by atoms with Gasteiger partial charge in [-0.05, 0) is 58.4 Å². The molecule has 0 saturated heterocycles. The fourth-order valence-corrected chi connectivity index (χ4v) is 4.91. The summed E-state index contributed by atoms with van der Waals surface area (Å²) in [5.74, 6) is 0.0557. The fourth-order valence-electron chi connectivity index (χ4n) is 3.02. The molecular formula is C23H17BrN2O3S. The Morgan fingerprint density at radius 1 is 0.833 bits per heavy atom. The molecule has 4 aromatic rings. The van der Waals surface area contributed by atoms with Crippen molar-refractivity contribution in [1.82, 2.24) is 0 Å². The SMILES string of the molecule is COc1ccccc1C(=O)Nc1ccc(NC(=O)c2sc3ccccc3c2Br)cc1. The molecule has 0 bridgehead atoms. The van der Waals surface area contributed by atoms with Crippen LogP contribution in [-0.4, -0.2) is 18.9 Å². The second-order valence-electron chi connectivity index (χ2n) is 6.43. The van der Waals surface area contributed by atoms with Crippen molar-refractivity contribution in [3.8, 4) is 5.75 Å². The van der Waals surface area contributed by atoms with Crippen molar-refractivity contribution in [2.75, 3.05) is 17.7 Å². The highest BCUT2D eigenvalue weighted by atomic mass is 79.9. The lowest BCUT2D eigenvalue weighted by Crippen LogP contribution is -2.13. The van der Waals surface area contributed by atoms with Gasteiger partial charge >= 0.3 is 0 Å². The summed E-state index contributed by atoms with van der Waals surface area (Å²) in [5, 5.41) is 6.75. The van der Waals surface area contributed by atoms with Gasteiger partial charge in [-0.3, -0.25) is 9.59 Å². The highest BCUT2D eigenvalue weighted by molar-refractivity contribution is 9.10. The number of ether oxygens (including phenoxy) is 1. The standard InChI is InChI=1S/C23H17BrN2O3S/c1-29-18-8-4-2-6-16(18)22(27)25-14-10-12-15(13-11-14)26-23(28)21-20(24)17-7-3-5-9-19(17)30-21/h2-13H,1H3,(H,25,27)(H,26,28). The number of thiophene rings is 1. The molecule has 0 saturated carbocycles. The van der Waals surface area contributed by atoms with Crippen molar-refractivity contribution >= 4 is 60.5 Å². The van der Waals surface area contributed by atoms with Gasteiger partial charge in [-0.2, -0.15) is 0 Å². The number of hydrogen-bond acceptors (Lipinski definition) is 4. The number of anilines is 2. The number of nitrogens with one attached hydrogen (secondary N) is 2. The second-order valence-corrected chi connectivity index (χ2v) is 8.27. The number of amides is 2. The van der Waals surface area contributed by atoms with Crippen molar-refractivity contribution in [2.45, 2.75) is 0 Å². The number of benzene rings is 3. The molecule has 0 spiro atoms. The zero-order valence-corrected chi connectivity index (χ0v) is 18.3. The Morgan fingerprint density at radius 2 is 1.43 bits per heavy atom. The van der Waals surface area contributed by atoms with Gasteiger partial charge in [-0.25, -0.2) is 0 Å². The van der Waals surface area contributed by atoms with Crippen molar-refractivity contribution in [3.05, 3.63) is 87.7 Å². The Kier molecular flexibility index (Phi) is 5.83. The molecule has 0 aliphatic carbocycles. The first-order valence-corrected chi connectivity index (χ1v) is 10.7. The van der Waals surface area contributed by atoms with Crippen LogP contribution in [0.15, 0.2) is 77.3 Å². The molecule has 4 rings (SSSR count). The Labute approximate surface area is 185 Å². The van der Waals surface area contributed by atoms with Crippen molar-refractivity contribution in [3.63, 3.8) is 0 Å². The zero-order valence-electron chi connectivity index (χ0n) is 15.9. The minimum Gasteiger partial charge on any atom is -0.496 e. The number of halogens is 1. The van der Waals surface area contributed by atoms with Gasteiger partial charge in [-0.1, -0.05) is 30.3 Å². The summed E-state index contributed by atoms with van der Waals surface area (Å²) in [6.45, 7) is 0. The largest absolute Gasteiger partial charge is 0.496 e. The van der Waals surface area contributed by atoms with Crippen LogP contribution in [0.2, 0.25) is 0 Å². The number of rotatable bonds is 5. The van der Waals surface area contributed by atoms with Gasteiger partial charge in [-0.15, -0.1) is 11.3 Å². The molecule has 2 amide bonds. The maximum absolute atomic E-state index is 12.7. The average Bonchev–Trinajstić information content (AvgIpc) is 3.12. The number of carbonyl (C=O) groups is 2. The van der Waals surface area contributed by atoms with Gasteiger partial charge in [0.25, 0.3) is 11.8 Å². The highest BCUT2D eigenvalue weighted by Gasteiger charge is 2.17.